The van der Waals surface area contributed by atoms with E-state index in [1.54, 1.807) is 0 Å². The number of nitrogens with zero attached hydrogens (tertiary/aromatic N) is 3. The Bertz CT molecular complexity index is 715. The summed E-state index contributed by atoms with van der Waals surface area (Å²) in [4.78, 5) is 4.38. The Balaban J connectivity index is 1.89. The van der Waals surface area contributed by atoms with Gasteiger partial charge in [0.05, 0.1) is 13.2 Å². The van der Waals surface area contributed by atoms with Gasteiger partial charge in [-0.15, -0.1) is 0 Å². The van der Waals surface area contributed by atoms with Crippen molar-refractivity contribution in [3.63, 3.8) is 0 Å². The van der Waals surface area contributed by atoms with E-state index in [2.05, 4.69) is 21.6 Å². The zero-order valence-electron chi connectivity index (χ0n) is 11.4. The molecule has 0 amide bonds. The largest absolute Gasteiger partial charge is 0.392 e. The number of benzene rings is 1. The lowest BCUT2D eigenvalue weighted by atomic mass is 10.2. The zero-order valence-corrected chi connectivity index (χ0v) is 11.4. The van der Waals surface area contributed by atoms with E-state index in [-0.39, 0.29) is 6.61 Å². The van der Waals surface area contributed by atoms with Gasteiger partial charge in [-0.25, -0.2) is 0 Å². The molecule has 0 radical (unpaired) electrons. The maximum absolute atomic E-state index is 9.23. The fraction of sp³-hybridized carbons (Fsp3) is 0.333. The van der Waals surface area contributed by atoms with Gasteiger partial charge in [0.1, 0.15) is 0 Å². The molecule has 2 aromatic heterocycles. The van der Waals surface area contributed by atoms with Crippen molar-refractivity contribution in [1.29, 1.82) is 0 Å². The van der Waals surface area contributed by atoms with Crippen LogP contribution in [0.15, 0.2) is 35.0 Å². The van der Waals surface area contributed by atoms with Gasteiger partial charge in [0.2, 0.25) is 5.89 Å². The smallest absolute Gasteiger partial charge is 0.226 e. The van der Waals surface area contributed by atoms with E-state index in [0.717, 1.165) is 29.3 Å². The summed E-state index contributed by atoms with van der Waals surface area (Å²) in [5.41, 5.74) is 1.97. The second-order valence-corrected chi connectivity index (χ2v) is 4.85. The predicted molar refractivity (Wildman–Crippen MR) is 75.3 cm³/mol. The third-order valence-electron chi connectivity index (χ3n) is 3.31. The van der Waals surface area contributed by atoms with Crippen LogP contribution in [0.5, 0.6) is 0 Å². The number of aliphatic hydroxyl groups excluding tert-OH is 1. The molecular formula is C15H17N3O2. The van der Waals surface area contributed by atoms with Crippen LogP contribution in [0.2, 0.25) is 0 Å². The van der Waals surface area contributed by atoms with Crippen LogP contribution in [0.1, 0.15) is 30.6 Å². The third-order valence-corrected chi connectivity index (χ3v) is 3.31. The van der Waals surface area contributed by atoms with Crippen LogP contribution in [0.3, 0.4) is 0 Å². The minimum atomic E-state index is 0.0456. The van der Waals surface area contributed by atoms with Crippen LogP contribution in [0, 0.1) is 0 Å². The van der Waals surface area contributed by atoms with E-state index in [1.807, 2.05) is 30.5 Å². The van der Waals surface area contributed by atoms with Gasteiger partial charge in [0, 0.05) is 18.1 Å². The molecule has 0 bridgehead atoms. The van der Waals surface area contributed by atoms with Gasteiger partial charge >= 0.3 is 0 Å². The molecule has 2 heterocycles. The Morgan fingerprint density at radius 3 is 3.00 bits per heavy atom. The Morgan fingerprint density at radius 1 is 1.30 bits per heavy atom. The summed E-state index contributed by atoms with van der Waals surface area (Å²) < 4.78 is 7.26. The van der Waals surface area contributed by atoms with Crippen molar-refractivity contribution in [2.75, 3.05) is 0 Å². The zero-order chi connectivity index (χ0) is 13.9. The van der Waals surface area contributed by atoms with Gasteiger partial charge in [0.15, 0.2) is 5.82 Å². The van der Waals surface area contributed by atoms with E-state index in [1.165, 1.54) is 0 Å². The monoisotopic (exact) mass is 271 g/mol. The summed E-state index contributed by atoms with van der Waals surface area (Å²) >= 11 is 0. The second-order valence-electron chi connectivity index (χ2n) is 4.85. The van der Waals surface area contributed by atoms with Crippen LogP contribution in [-0.4, -0.2) is 19.8 Å². The van der Waals surface area contributed by atoms with Crippen LogP contribution in [-0.2, 0) is 19.6 Å². The lowest BCUT2D eigenvalue weighted by Gasteiger charge is -2.03. The number of fused-ring (bicyclic) bond motifs is 1. The summed E-state index contributed by atoms with van der Waals surface area (Å²) in [5, 5.41) is 14.4. The Hall–Kier alpha value is -2.14. The highest BCUT2D eigenvalue weighted by Gasteiger charge is 2.08. The Kier molecular flexibility index (Phi) is 3.52. The number of rotatable bonds is 5. The molecule has 5 nitrogen and oxygen atoms in total. The van der Waals surface area contributed by atoms with Gasteiger partial charge in [0.25, 0.3) is 0 Å². The summed E-state index contributed by atoms with van der Waals surface area (Å²) in [7, 11) is 0. The first-order valence-corrected chi connectivity index (χ1v) is 6.80. The molecule has 0 aliphatic rings. The fourth-order valence-corrected chi connectivity index (χ4v) is 2.29. The van der Waals surface area contributed by atoms with Gasteiger partial charge in [-0.2, -0.15) is 4.98 Å². The molecule has 0 unspecified atom stereocenters. The number of aryl methyl sites for hydroxylation is 1. The summed E-state index contributed by atoms with van der Waals surface area (Å²) in [6.45, 7) is 2.70. The van der Waals surface area contributed by atoms with E-state index < -0.39 is 0 Å². The highest BCUT2D eigenvalue weighted by Crippen LogP contribution is 2.18. The quantitative estimate of drug-likeness (QED) is 0.774. The summed E-state index contributed by atoms with van der Waals surface area (Å²) in [6, 6.07) is 7.97. The first kappa shape index (κ1) is 12.9. The maximum Gasteiger partial charge on any atom is 0.226 e. The van der Waals surface area contributed by atoms with E-state index in [0.29, 0.717) is 18.3 Å². The van der Waals surface area contributed by atoms with Gasteiger partial charge in [-0.1, -0.05) is 24.2 Å². The normalized spacial score (nSPS) is 11.3. The van der Waals surface area contributed by atoms with Crippen LogP contribution in [0.4, 0.5) is 0 Å². The molecule has 0 fully saturated rings. The molecule has 1 aromatic carbocycles. The lowest BCUT2D eigenvalue weighted by molar-refractivity contribution is 0.282. The molecule has 5 heteroatoms. The van der Waals surface area contributed by atoms with Crippen LogP contribution < -0.4 is 0 Å². The van der Waals surface area contributed by atoms with Crippen molar-refractivity contribution in [3.8, 4) is 0 Å². The molecule has 0 spiro atoms. The molecule has 0 atom stereocenters. The van der Waals surface area contributed by atoms with Crippen molar-refractivity contribution in [1.82, 2.24) is 14.7 Å². The van der Waals surface area contributed by atoms with Crippen LogP contribution >= 0.6 is 0 Å². The molecule has 3 aromatic rings. The number of aliphatic hydroxyl groups is 1. The summed E-state index contributed by atoms with van der Waals surface area (Å²) in [6.07, 6.45) is 3.81. The highest BCUT2D eigenvalue weighted by molar-refractivity contribution is 5.80. The van der Waals surface area contributed by atoms with Gasteiger partial charge in [-0.05, 0) is 29.5 Å². The standard InChI is InChI=1S/C15H17N3O2/c1-2-3-15-16-14(17-20-15)9-18-7-6-12-5-4-11(10-19)8-13(12)18/h4-8,19H,2-3,9-10H2,1H3. The van der Waals surface area contributed by atoms with Gasteiger partial charge in [-0.3, -0.25) is 0 Å². The number of aromatic nitrogens is 3. The van der Waals surface area contributed by atoms with Crippen molar-refractivity contribution >= 4 is 10.9 Å². The molecule has 0 saturated heterocycles. The minimum Gasteiger partial charge on any atom is -0.392 e. The molecule has 0 saturated carbocycles. The SMILES string of the molecule is CCCc1nc(Cn2ccc3ccc(CO)cc32)no1. The van der Waals surface area contributed by atoms with E-state index in [9.17, 15) is 5.11 Å². The molecule has 0 aliphatic heterocycles. The number of hydrogen-bond acceptors (Lipinski definition) is 4. The highest BCUT2D eigenvalue weighted by atomic mass is 16.5. The average molecular weight is 271 g/mol. The number of hydrogen-bond donors (Lipinski definition) is 1. The first-order valence-electron chi connectivity index (χ1n) is 6.80. The molecule has 20 heavy (non-hydrogen) atoms. The molecular weight excluding hydrogens is 254 g/mol. The van der Waals surface area contributed by atoms with Crippen molar-refractivity contribution < 1.29 is 9.63 Å². The molecule has 3 rings (SSSR count). The topological polar surface area (TPSA) is 64.1 Å². The predicted octanol–water partition coefficient (Wildman–Crippen LogP) is 2.52. The van der Waals surface area contributed by atoms with Crippen molar-refractivity contribution in [2.24, 2.45) is 0 Å². The Morgan fingerprint density at radius 2 is 2.20 bits per heavy atom. The van der Waals surface area contributed by atoms with Crippen LogP contribution in [0.25, 0.3) is 10.9 Å². The summed E-state index contributed by atoms with van der Waals surface area (Å²) in [5.74, 6) is 1.37. The minimum absolute atomic E-state index is 0.0456. The van der Waals surface area contributed by atoms with Crippen molar-refractivity contribution in [2.45, 2.75) is 32.9 Å². The second kappa shape index (κ2) is 5.46. The molecule has 0 aliphatic carbocycles. The van der Waals surface area contributed by atoms with Crippen molar-refractivity contribution in [3.05, 3.63) is 47.7 Å². The molecule has 1 N–H and O–H groups in total. The maximum atomic E-state index is 9.23. The molecule has 104 valence electrons. The Labute approximate surface area is 116 Å². The fourth-order valence-electron chi connectivity index (χ4n) is 2.29. The third kappa shape index (κ3) is 2.44. The lowest BCUT2D eigenvalue weighted by Crippen LogP contribution is -2.00. The van der Waals surface area contributed by atoms with E-state index in [4.69, 9.17) is 4.52 Å². The van der Waals surface area contributed by atoms with Gasteiger partial charge < -0.3 is 14.2 Å². The van der Waals surface area contributed by atoms with E-state index >= 15 is 0 Å². The average Bonchev–Trinajstić information content (AvgIpc) is 3.07. The first-order chi connectivity index (χ1) is 9.80.